The average molecular weight is 203 g/mol. The van der Waals surface area contributed by atoms with Crippen LogP contribution in [0.1, 0.15) is 18.7 Å². The van der Waals surface area contributed by atoms with Crippen molar-refractivity contribution < 1.29 is 0 Å². The topological polar surface area (TPSA) is 28.2 Å². The molecule has 1 aromatic heterocycles. The fourth-order valence-corrected chi connectivity index (χ4v) is 1.26. The number of aromatic nitrogens is 1. The molecule has 0 aliphatic rings. The largest absolute Gasteiger partial charge is 0.362 e. The lowest BCUT2D eigenvalue weighted by molar-refractivity contribution is 0.633. The van der Waals surface area contributed by atoms with Crippen LogP contribution in [-0.2, 0) is 0 Å². The van der Waals surface area contributed by atoms with Gasteiger partial charge in [0.25, 0.3) is 0 Å². The maximum absolute atomic E-state index is 5.24. The number of hydrogen-bond acceptors (Lipinski definition) is 3. The minimum absolute atomic E-state index is 0.275. The van der Waals surface area contributed by atoms with E-state index in [4.69, 9.17) is 6.42 Å². The highest BCUT2D eigenvalue weighted by molar-refractivity contribution is 5.44. The molecular formula is C12H17N3. The second-order valence-electron chi connectivity index (χ2n) is 3.51. The molecule has 1 rings (SSSR count). The van der Waals surface area contributed by atoms with Gasteiger partial charge in [0.2, 0.25) is 0 Å². The Kier molecular flexibility index (Phi) is 4.14. The number of terminal acetylenes is 1. The van der Waals surface area contributed by atoms with E-state index in [1.54, 1.807) is 0 Å². The number of hydrogen-bond donors (Lipinski definition) is 1. The Hall–Kier alpha value is -1.53. The van der Waals surface area contributed by atoms with E-state index >= 15 is 0 Å². The summed E-state index contributed by atoms with van der Waals surface area (Å²) < 4.78 is 0. The van der Waals surface area contributed by atoms with Gasteiger partial charge in [-0.05, 0) is 26.1 Å². The van der Waals surface area contributed by atoms with E-state index in [1.807, 2.05) is 37.3 Å². The summed E-state index contributed by atoms with van der Waals surface area (Å²) in [4.78, 5) is 6.37. The Morgan fingerprint density at radius 2 is 2.33 bits per heavy atom. The standard InChI is InChI=1S/C12H17N3/c1-5-8-15(4)11-6-7-12(14-9-11)10(2)13-3/h1,6-7,9-10,13H,8H2,2-4H3. The molecule has 1 unspecified atom stereocenters. The molecule has 80 valence electrons. The van der Waals surface area contributed by atoms with Gasteiger partial charge < -0.3 is 10.2 Å². The molecule has 0 saturated heterocycles. The van der Waals surface area contributed by atoms with Crippen LogP contribution < -0.4 is 10.2 Å². The number of nitrogens with one attached hydrogen (secondary N) is 1. The summed E-state index contributed by atoms with van der Waals surface area (Å²) >= 11 is 0. The van der Waals surface area contributed by atoms with Crippen molar-refractivity contribution in [2.45, 2.75) is 13.0 Å². The lowest BCUT2D eigenvalue weighted by Crippen LogP contribution is -2.18. The Morgan fingerprint density at radius 3 is 2.80 bits per heavy atom. The third-order valence-electron chi connectivity index (χ3n) is 2.42. The molecule has 0 saturated carbocycles. The van der Waals surface area contributed by atoms with Gasteiger partial charge in [0.15, 0.2) is 0 Å². The van der Waals surface area contributed by atoms with Gasteiger partial charge in [-0.3, -0.25) is 4.98 Å². The van der Waals surface area contributed by atoms with Crippen LogP contribution in [0, 0.1) is 12.3 Å². The summed E-state index contributed by atoms with van der Waals surface area (Å²) in [5, 5.41) is 3.15. The number of nitrogens with zero attached hydrogens (tertiary/aromatic N) is 2. The smallest absolute Gasteiger partial charge is 0.0789 e. The summed E-state index contributed by atoms with van der Waals surface area (Å²) in [7, 11) is 3.88. The zero-order valence-electron chi connectivity index (χ0n) is 9.49. The van der Waals surface area contributed by atoms with Crippen molar-refractivity contribution in [3.05, 3.63) is 24.0 Å². The quantitative estimate of drug-likeness (QED) is 0.750. The van der Waals surface area contributed by atoms with Crippen molar-refractivity contribution in [1.29, 1.82) is 0 Å². The first-order valence-corrected chi connectivity index (χ1v) is 4.97. The Balaban J connectivity index is 2.77. The molecule has 1 heterocycles. The second kappa shape index (κ2) is 5.38. The first-order valence-electron chi connectivity index (χ1n) is 4.97. The summed E-state index contributed by atoms with van der Waals surface area (Å²) in [6.45, 7) is 2.68. The summed E-state index contributed by atoms with van der Waals surface area (Å²) in [5.74, 6) is 2.60. The predicted molar refractivity (Wildman–Crippen MR) is 63.8 cm³/mol. The van der Waals surface area contributed by atoms with Crippen molar-refractivity contribution in [2.24, 2.45) is 0 Å². The third-order valence-corrected chi connectivity index (χ3v) is 2.42. The fourth-order valence-electron chi connectivity index (χ4n) is 1.26. The average Bonchev–Trinajstić information content (AvgIpc) is 2.28. The zero-order valence-corrected chi connectivity index (χ0v) is 9.49. The van der Waals surface area contributed by atoms with Crippen LogP contribution in [0.4, 0.5) is 5.69 Å². The Labute approximate surface area is 91.5 Å². The highest BCUT2D eigenvalue weighted by atomic mass is 15.1. The van der Waals surface area contributed by atoms with Crippen LogP contribution in [0.5, 0.6) is 0 Å². The van der Waals surface area contributed by atoms with Crippen molar-refractivity contribution >= 4 is 5.69 Å². The molecule has 0 aliphatic carbocycles. The van der Waals surface area contributed by atoms with E-state index in [-0.39, 0.29) is 6.04 Å². The van der Waals surface area contributed by atoms with Crippen molar-refractivity contribution in [3.63, 3.8) is 0 Å². The van der Waals surface area contributed by atoms with Gasteiger partial charge in [-0.1, -0.05) is 5.92 Å². The monoisotopic (exact) mass is 203 g/mol. The summed E-state index contributed by atoms with van der Waals surface area (Å²) in [5.41, 5.74) is 2.08. The van der Waals surface area contributed by atoms with Gasteiger partial charge in [0.05, 0.1) is 24.1 Å². The van der Waals surface area contributed by atoms with Crippen molar-refractivity contribution in [1.82, 2.24) is 10.3 Å². The van der Waals surface area contributed by atoms with Crippen LogP contribution >= 0.6 is 0 Å². The van der Waals surface area contributed by atoms with Crippen LogP contribution in [0.2, 0.25) is 0 Å². The molecule has 0 aliphatic heterocycles. The summed E-state index contributed by atoms with van der Waals surface area (Å²) in [6, 6.07) is 4.33. The van der Waals surface area contributed by atoms with Gasteiger partial charge in [0, 0.05) is 13.1 Å². The van der Waals surface area contributed by atoms with Gasteiger partial charge in [-0.25, -0.2) is 0 Å². The molecule has 0 amide bonds. The summed E-state index contributed by atoms with van der Waals surface area (Å²) in [6.07, 6.45) is 7.09. The molecule has 1 N–H and O–H groups in total. The number of anilines is 1. The van der Waals surface area contributed by atoms with Gasteiger partial charge in [-0.15, -0.1) is 6.42 Å². The lowest BCUT2D eigenvalue weighted by atomic mass is 10.2. The van der Waals surface area contributed by atoms with Gasteiger partial charge >= 0.3 is 0 Å². The number of pyridine rings is 1. The van der Waals surface area contributed by atoms with Crippen LogP contribution in [0.15, 0.2) is 18.3 Å². The Morgan fingerprint density at radius 1 is 1.60 bits per heavy atom. The van der Waals surface area contributed by atoms with Crippen molar-refractivity contribution in [2.75, 3.05) is 25.5 Å². The molecule has 3 nitrogen and oxygen atoms in total. The molecule has 0 spiro atoms. The highest BCUT2D eigenvalue weighted by Crippen LogP contribution is 2.14. The molecule has 1 atom stereocenters. The first kappa shape index (κ1) is 11.5. The predicted octanol–water partition coefficient (Wildman–Crippen LogP) is 1.43. The van der Waals surface area contributed by atoms with E-state index in [9.17, 15) is 0 Å². The van der Waals surface area contributed by atoms with E-state index in [2.05, 4.69) is 23.1 Å². The SMILES string of the molecule is C#CCN(C)c1ccc(C(C)NC)nc1. The molecule has 15 heavy (non-hydrogen) atoms. The molecule has 0 fully saturated rings. The molecule has 3 heteroatoms. The fraction of sp³-hybridized carbons (Fsp3) is 0.417. The number of rotatable bonds is 4. The van der Waals surface area contributed by atoms with Crippen LogP contribution in [0.3, 0.4) is 0 Å². The minimum atomic E-state index is 0.275. The molecule has 0 bridgehead atoms. The van der Waals surface area contributed by atoms with Crippen LogP contribution in [0.25, 0.3) is 0 Å². The maximum Gasteiger partial charge on any atom is 0.0789 e. The molecule has 0 radical (unpaired) electrons. The minimum Gasteiger partial charge on any atom is -0.362 e. The van der Waals surface area contributed by atoms with E-state index in [0.29, 0.717) is 6.54 Å². The molecular weight excluding hydrogens is 186 g/mol. The second-order valence-corrected chi connectivity index (χ2v) is 3.51. The zero-order chi connectivity index (χ0) is 11.3. The van der Waals surface area contributed by atoms with Crippen molar-refractivity contribution in [3.8, 4) is 12.3 Å². The molecule has 1 aromatic rings. The maximum atomic E-state index is 5.24. The third kappa shape index (κ3) is 2.97. The highest BCUT2D eigenvalue weighted by Gasteiger charge is 2.04. The van der Waals surface area contributed by atoms with Crippen LogP contribution in [-0.4, -0.2) is 25.6 Å². The van der Waals surface area contributed by atoms with Gasteiger partial charge in [0.1, 0.15) is 0 Å². The lowest BCUT2D eigenvalue weighted by Gasteiger charge is -2.16. The first-order chi connectivity index (χ1) is 7.19. The molecule has 0 aromatic carbocycles. The van der Waals surface area contributed by atoms with E-state index in [0.717, 1.165) is 11.4 Å². The normalized spacial score (nSPS) is 11.9. The van der Waals surface area contributed by atoms with Gasteiger partial charge in [-0.2, -0.15) is 0 Å². The van der Waals surface area contributed by atoms with E-state index < -0.39 is 0 Å². The Bertz CT molecular complexity index is 337. The van der Waals surface area contributed by atoms with E-state index in [1.165, 1.54) is 0 Å².